The molecule has 0 unspecified atom stereocenters. The SMILES string of the molecule is CC(C)c1ccccc1OCC(=O)OCc1nc(N)nc(N)n1. The number of anilines is 2. The summed E-state index contributed by atoms with van der Waals surface area (Å²) in [5.41, 5.74) is 11.9. The summed E-state index contributed by atoms with van der Waals surface area (Å²) in [5, 5.41) is 0. The van der Waals surface area contributed by atoms with E-state index < -0.39 is 5.97 Å². The second-order valence-electron chi connectivity index (χ2n) is 5.11. The van der Waals surface area contributed by atoms with Crippen molar-refractivity contribution in [2.24, 2.45) is 0 Å². The number of hydrogen-bond donors (Lipinski definition) is 2. The number of para-hydroxylation sites is 1. The number of ether oxygens (including phenoxy) is 2. The van der Waals surface area contributed by atoms with Gasteiger partial charge >= 0.3 is 5.97 Å². The molecule has 2 aromatic rings. The van der Waals surface area contributed by atoms with Crippen LogP contribution in [0.5, 0.6) is 5.75 Å². The van der Waals surface area contributed by atoms with Crippen molar-refractivity contribution in [3.8, 4) is 5.75 Å². The Morgan fingerprint density at radius 3 is 2.43 bits per heavy atom. The standard InChI is InChI=1S/C15H19N5O3/c1-9(2)10-5-3-4-6-11(10)22-8-13(21)23-7-12-18-14(16)20-15(17)19-12/h3-6,9H,7-8H2,1-2H3,(H4,16,17,18,19,20). The zero-order valence-electron chi connectivity index (χ0n) is 13.0. The predicted octanol–water partition coefficient (Wildman–Crippen LogP) is 1.28. The molecule has 122 valence electrons. The quantitative estimate of drug-likeness (QED) is 0.763. The van der Waals surface area contributed by atoms with Crippen molar-refractivity contribution in [3.63, 3.8) is 0 Å². The Morgan fingerprint density at radius 2 is 1.78 bits per heavy atom. The first kappa shape index (κ1) is 16.5. The van der Waals surface area contributed by atoms with Crippen molar-refractivity contribution < 1.29 is 14.3 Å². The first-order valence-electron chi connectivity index (χ1n) is 7.09. The highest BCUT2D eigenvalue weighted by Crippen LogP contribution is 2.25. The lowest BCUT2D eigenvalue weighted by Crippen LogP contribution is -2.17. The van der Waals surface area contributed by atoms with Gasteiger partial charge in [0.05, 0.1) is 0 Å². The highest BCUT2D eigenvalue weighted by molar-refractivity contribution is 5.71. The Bertz CT molecular complexity index is 670. The summed E-state index contributed by atoms with van der Waals surface area (Å²) in [7, 11) is 0. The molecule has 23 heavy (non-hydrogen) atoms. The zero-order valence-corrected chi connectivity index (χ0v) is 13.0. The fourth-order valence-corrected chi connectivity index (χ4v) is 1.93. The Hall–Kier alpha value is -2.90. The summed E-state index contributed by atoms with van der Waals surface area (Å²) < 4.78 is 10.6. The molecule has 0 amide bonds. The van der Waals surface area contributed by atoms with Gasteiger partial charge in [0.15, 0.2) is 19.0 Å². The van der Waals surface area contributed by atoms with Crippen LogP contribution < -0.4 is 16.2 Å². The van der Waals surface area contributed by atoms with Gasteiger partial charge in [0.1, 0.15) is 5.75 Å². The van der Waals surface area contributed by atoms with Crippen LogP contribution in [-0.2, 0) is 16.1 Å². The lowest BCUT2D eigenvalue weighted by Gasteiger charge is -2.13. The Balaban J connectivity index is 1.88. The van der Waals surface area contributed by atoms with E-state index in [1.54, 1.807) is 0 Å². The van der Waals surface area contributed by atoms with E-state index in [-0.39, 0.29) is 30.9 Å². The molecule has 0 spiro atoms. The predicted molar refractivity (Wildman–Crippen MR) is 84.5 cm³/mol. The van der Waals surface area contributed by atoms with Crippen LogP contribution in [0.15, 0.2) is 24.3 Å². The average Bonchev–Trinajstić information content (AvgIpc) is 2.50. The maximum atomic E-state index is 11.8. The Morgan fingerprint density at radius 1 is 1.13 bits per heavy atom. The molecule has 0 atom stereocenters. The lowest BCUT2D eigenvalue weighted by atomic mass is 10.0. The van der Waals surface area contributed by atoms with Crippen molar-refractivity contribution in [2.45, 2.75) is 26.4 Å². The number of benzene rings is 1. The number of nitrogen functional groups attached to an aromatic ring is 2. The number of carbonyl (C=O) groups excluding carboxylic acids is 1. The monoisotopic (exact) mass is 317 g/mol. The van der Waals surface area contributed by atoms with E-state index in [1.807, 2.05) is 24.3 Å². The molecule has 0 bridgehead atoms. The van der Waals surface area contributed by atoms with Gasteiger partial charge < -0.3 is 20.9 Å². The van der Waals surface area contributed by atoms with E-state index in [1.165, 1.54) is 0 Å². The number of carbonyl (C=O) groups is 1. The second kappa shape index (κ2) is 7.39. The molecule has 0 aliphatic carbocycles. The highest BCUT2D eigenvalue weighted by atomic mass is 16.6. The molecular formula is C15H19N5O3. The van der Waals surface area contributed by atoms with Gasteiger partial charge in [0.25, 0.3) is 0 Å². The van der Waals surface area contributed by atoms with Crippen molar-refractivity contribution in [3.05, 3.63) is 35.7 Å². The maximum absolute atomic E-state index is 11.8. The number of rotatable bonds is 6. The summed E-state index contributed by atoms with van der Waals surface area (Å²) in [6, 6.07) is 7.55. The van der Waals surface area contributed by atoms with E-state index in [9.17, 15) is 4.79 Å². The van der Waals surface area contributed by atoms with Crippen LogP contribution in [0.1, 0.15) is 31.2 Å². The van der Waals surface area contributed by atoms with E-state index in [0.717, 1.165) is 5.56 Å². The summed E-state index contributed by atoms with van der Waals surface area (Å²) >= 11 is 0. The molecule has 0 aliphatic heterocycles. The number of nitrogens with two attached hydrogens (primary N) is 2. The first-order chi connectivity index (χ1) is 11.0. The largest absolute Gasteiger partial charge is 0.482 e. The zero-order chi connectivity index (χ0) is 16.8. The number of nitrogens with zero attached hydrogens (tertiary/aromatic N) is 3. The molecular weight excluding hydrogens is 298 g/mol. The Kier molecular flexibility index (Phi) is 5.29. The maximum Gasteiger partial charge on any atom is 0.344 e. The highest BCUT2D eigenvalue weighted by Gasteiger charge is 2.11. The van der Waals surface area contributed by atoms with Crippen LogP contribution in [0, 0.1) is 0 Å². The molecule has 0 saturated carbocycles. The van der Waals surface area contributed by atoms with Crippen LogP contribution in [0.25, 0.3) is 0 Å². The third-order valence-electron chi connectivity index (χ3n) is 2.97. The summed E-state index contributed by atoms with van der Waals surface area (Å²) in [6.07, 6.45) is 0. The number of esters is 1. The van der Waals surface area contributed by atoms with Crippen molar-refractivity contribution in [1.82, 2.24) is 15.0 Å². The Labute approximate surface area is 133 Å². The van der Waals surface area contributed by atoms with Crippen molar-refractivity contribution in [2.75, 3.05) is 18.1 Å². The van der Waals surface area contributed by atoms with Gasteiger partial charge in [0.2, 0.25) is 11.9 Å². The van der Waals surface area contributed by atoms with Gasteiger partial charge in [-0.3, -0.25) is 0 Å². The minimum Gasteiger partial charge on any atom is -0.482 e. The van der Waals surface area contributed by atoms with Gasteiger partial charge in [-0.25, -0.2) is 4.79 Å². The third-order valence-corrected chi connectivity index (χ3v) is 2.97. The molecule has 8 nitrogen and oxygen atoms in total. The van der Waals surface area contributed by atoms with Gasteiger partial charge in [-0.15, -0.1) is 0 Å². The van der Waals surface area contributed by atoms with Crippen molar-refractivity contribution >= 4 is 17.9 Å². The molecule has 1 aromatic heterocycles. The summed E-state index contributed by atoms with van der Waals surface area (Å²) in [5.74, 6) is 0.551. The van der Waals surface area contributed by atoms with Crippen LogP contribution in [0.4, 0.5) is 11.9 Å². The normalized spacial score (nSPS) is 10.6. The van der Waals surface area contributed by atoms with Gasteiger partial charge in [0, 0.05) is 0 Å². The number of hydrogen-bond acceptors (Lipinski definition) is 8. The average molecular weight is 317 g/mol. The minimum atomic E-state index is -0.541. The van der Waals surface area contributed by atoms with Crippen LogP contribution in [0.3, 0.4) is 0 Å². The van der Waals surface area contributed by atoms with Gasteiger partial charge in [-0.2, -0.15) is 15.0 Å². The second-order valence-corrected chi connectivity index (χ2v) is 5.11. The fraction of sp³-hybridized carbons (Fsp3) is 0.333. The van der Waals surface area contributed by atoms with E-state index in [2.05, 4.69) is 28.8 Å². The summed E-state index contributed by atoms with van der Waals surface area (Å²) in [4.78, 5) is 23.0. The minimum absolute atomic E-state index is 0.0225. The summed E-state index contributed by atoms with van der Waals surface area (Å²) in [6.45, 7) is 3.75. The molecule has 2 rings (SSSR count). The van der Waals surface area contributed by atoms with Gasteiger partial charge in [-0.05, 0) is 17.5 Å². The van der Waals surface area contributed by atoms with Crippen molar-refractivity contribution in [1.29, 1.82) is 0 Å². The smallest absolute Gasteiger partial charge is 0.344 e. The van der Waals surface area contributed by atoms with Gasteiger partial charge in [-0.1, -0.05) is 32.0 Å². The molecule has 0 aliphatic rings. The van der Waals surface area contributed by atoms with E-state index in [0.29, 0.717) is 11.7 Å². The molecule has 0 fully saturated rings. The molecule has 0 radical (unpaired) electrons. The topological polar surface area (TPSA) is 126 Å². The van der Waals surface area contributed by atoms with Crippen LogP contribution in [-0.4, -0.2) is 27.5 Å². The molecule has 4 N–H and O–H groups in total. The first-order valence-corrected chi connectivity index (χ1v) is 7.09. The van der Waals surface area contributed by atoms with Crippen LogP contribution >= 0.6 is 0 Å². The van der Waals surface area contributed by atoms with Crippen LogP contribution in [0.2, 0.25) is 0 Å². The molecule has 8 heteroatoms. The molecule has 1 heterocycles. The van der Waals surface area contributed by atoms with E-state index >= 15 is 0 Å². The molecule has 1 aromatic carbocycles. The van der Waals surface area contributed by atoms with E-state index in [4.69, 9.17) is 20.9 Å². The third kappa shape index (κ3) is 4.80. The fourth-order valence-electron chi connectivity index (χ4n) is 1.93. The molecule has 0 saturated heterocycles. The number of aromatic nitrogens is 3. The lowest BCUT2D eigenvalue weighted by molar-refractivity contribution is -0.147.